The number of phosphoric ester groups is 1. The smallest absolute Gasteiger partial charge is 0.457 e. The summed E-state index contributed by atoms with van der Waals surface area (Å²) in [5, 5.41) is 0. The lowest BCUT2D eigenvalue weighted by Gasteiger charge is -2.20. The summed E-state index contributed by atoms with van der Waals surface area (Å²) < 4.78 is 32.8. The molecule has 2 atom stereocenters. The maximum Gasteiger partial charge on any atom is 0.472 e. The third-order valence-corrected chi connectivity index (χ3v) is 7.18. The first kappa shape index (κ1) is 41.2. The molecule has 0 fully saturated rings. The van der Waals surface area contributed by atoms with Gasteiger partial charge in [0, 0.05) is 19.6 Å². The van der Waals surface area contributed by atoms with Crippen LogP contribution in [0.3, 0.4) is 0 Å². The lowest BCUT2D eigenvalue weighted by Crippen LogP contribution is -2.28. The fourth-order valence-corrected chi connectivity index (χ4v) is 4.61. The van der Waals surface area contributed by atoms with Gasteiger partial charge in [-0.25, -0.2) is 4.57 Å². The maximum absolute atomic E-state index is 12.2. The minimum absolute atomic E-state index is 0.0928. The van der Waals surface area contributed by atoms with E-state index in [1.807, 2.05) is 0 Å². The number of ether oxygens (including phenoxy) is 2. The minimum atomic E-state index is -4.26. The molecule has 0 aromatic rings. The molecule has 0 radical (unpaired) electrons. The van der Waals surface area contributed by atoms with E-state index in [9.17, 15) is 14.3 Å². The molecule has 2 unspecified atom stereocenters. The maximum atomic E-state index is 12.2. The molecule has 9 heteroatoms. The molecule has 3 N–H and O–H groups in total. The number of rotatable bonds is 30. The van der Waals surface area contributed by atoms with Crippen LogP contribution in [0, 0.1) is 0 Å². The molecule has 0 rings (SSSR count). The number of esters is 1. The minimum Gasteiger partial charge on any atom is -0.457 e. The zero-order valence-electron chi connectivity index (χ0n) is 26.9. The summed E-state index contributed by atoms with van der Waals surface area (Å²) in [6, 6.07) is 0. The van der Waals surface area contributed by atoms with Crippen LogP contribution >= 0.6 is 7.82 Å². The van der Waals surface area contributed by atoms with Crippen LogP contribution in [0.1, 0.15) is 110 Å². The van der Waals surface area contributed by atoms with Crippen LogP contribution in [-0.4, -0.2) is 49.9 Å². The molecule has 0 aliphatic heterocycles. The van der Waals surface area contributed by atoms with Crippen molar-refractivity contribution in [1.29, 1.82) is 0 Å². The quantitative estimate of drug-likeness (QED) is 0.0352. The zero-order chi connectivity index (χ0) is 31.7. The molecular weight excluding hydrogens is 565 g/mol. The first-order chi connectivity index (χ1) is 20.9. The Morgan fingerprint density at radius 1 is 0.721 bits per heavy atom. The SMILES string of the molecule is CC/C=C\C/C=C\C/C=C\C/C=C\C/C=C\CCCCCCOCC(COP(=O)(O)OCCN)OC(=O)CCCCCC. The second-order valence-electron chi connectivity index (χ2n) is 10.3. The molecule has 0 aliphatic carbocycles. The molecule has 248 valence electrons. The van der Waals surface area contributed by atoms with E-state index in [0.29, 0.717) is 13.0 Å². The van der Waals surface area contributed by atoms with E-state index in [-0.39, 0.29) is 32.3 Å². The highest BCUT2D eigenvalue weighted by Crippen LogP contribution is 2.43. The van der Waals surface area contributed by atoms with E-state index in [1.54, 1.807) is 0 Å². The Bertz CT molecular complexity index is 839. The largest absolute Gasteiger partial charge is 0.472 e. The number of hydrogen-bond donors (Lipinski definition) is 2. The van der Waals surface area contributed by atoms with Crippen molar-refractivity contribution >= 4 is 13.8 Å². The highest BCUT2D eigenvalue weighted by molar-refractivity contribution is 7.47. The number of phosphoric acid groups is 1. The van der Waals surface area contributed by atoms with Gasteiger partial charge in [0.2, 0.25) is 0 Å². The van der Waals surface area contributed by atoms with Gasteiger partial charge < -0.3 is 20.1 Å². The van der Waals surface area contributed by atoms with Gasteiger partial charge in [-0.15, -0.1) is 0 Å². The molecule has 0 aromatic heterocycles. The highest BCUT2D eigenvalue weighted by Gasteiger charge is 2.25. The van der Waals surface area contributed by atoms with Crippen LogP contribution in [-0.2, 0) is 27.9 Å². The van der Waals surface area contributed by atoms with Crippen LogP contribution in [0.15, 0.2) is 60.8 Å². The Morgan fingerprint density at radius 3 is 1.91 bits per heavy atom. The topological polar surface area (TPSA) is 117 Å². The summed E-state index contributed by atoms with van der Waals surface area (Å²) >= 11 is 0. The third kappa shape index (κ3) is 31.4. The lowest BCUT2D eigenvalue weighted by atomic mass is 10.1. The standard InChI is InChI=1S/C34H60NO7P/c1-3-5-7-9-10-11-12-13-14-15-16-17-18-19-20-21-22-23-24-26-29-39-31-33(32-41-43(37,38)40-30-28-35)42-34(36)27-25-8-6-4-2/h5,7,10-11,13-14,16-17,19-20,33H,3-4,6,8-9,12,15,18,21-32,35H2,1-2H3,(H,37,38)/b7-5-,11-10-,14-13-,17-16-,20-19-. The molecule has 0 aromatic carbocycles. The summed E-state index contributed by atoms with van der Waals surface area (Å²) in [5.41, 5.74) is 5.31. The van der Waals surface area contributed by atoms with Crippen LogP contribution in [0.2, 0.25) is 0 Å². The van der Waals surface area contributed by atoms with Gasteiger partial charge in [0.1, 0.15) is 6.10 Å². The van der Waals surface area contributed by atoms with Gasteiger partial charge in [0.05, 0.1) is 19.8 Å². The number of nitrogens with two attached hydrogens (primary N) is 1. The predicted molar refractivity (Wildman–Crippen MR) is 178 cm³/mol. The Labute approximate surface area is 262 Å². The molecular formula is C34H60NO7P. The van der Waals surface area contributed by atoms with Gasteiger partial charge in [-0.2, -0.15) is 0 Å². The third-order valence-electron chi connectivity index (χ3n) is 6.20. The average Bonchev–Trinajstić information content (AvgIpc) is 2.99. The van der Waals surface area contributed by atoms with Crippen LogP contribution in [0.25, 0.3) is 0 Å². The Kier molecular flexibility index (Phi) is 30.3. The first-order valence-electron chi connectivity index (χ1n) is 16.3. The number of carbonyl (C=O) groups is 1. The predicted octanol–water partition coefficient (Wildman–Crippen LogP) is 8.68. The van der Waals surface area contributed by atoms with Crippen LogP contribution in [0.4, 0.5) is 0 Å². The van der Waals surface area contributed by atoms with E-state index in [1.165, 1.54) is 0 Å². The molecule has 0 saturated heterocycles. The normalized spacial score (nSPS) is 14.6. The van der Waals surface area contributed by atoms with E-state index in [0.717, 1.165) is 89.9 Å². The molecule has 0 aliphatic rings. The van der Waals surface area contributed by atoms with Crippen LogP contribution < -0.4 is 5.73 Å². The Morgan fingerprint density at radius 2 is 1.30 bits per heavy atom. The van der Waals surface area contributed by atoms with E-state index in [2.05, 4.69) is 74.6 Å². The second kappa shape index (κ2) is 31.6. The summed E-state index contributed by atoms with van der Waals surface area (Å²) in [4.78, 5) is 22.0. The molecule has 0 saturated carbocycles. The van der Waals surface area contributed by atoms with Gasteiger partial charge in [-0.3, -0.25) is 13.8 Å². The van der Waals surface area contributed by atoms with Gasteiger partial charge in [0.15, 0.2) is 0 Å². The fraction of sp³-hybridized carbons (Fsp3) is 0.676. The molecule has 0 bridgehead atoms. The molecule has 0 amide bonds. The summed E-state index contributed by atoms with van der Waals surface area (Å²) in [6.07, 6.45) is 35.8. The van der Waals surface area contributed by atoms with Gasteiger partial charge in [-0.05, 0) is 57.8 Å². The van der Waals surface area contributed by atoms with Crippen molar-refractivity contribution < 1.29 is 32.8 Å². The molecule has 8 nitrogen and oxygen atoms in total. The van der Waals surface area contributed by atoms with Crippen molar-refractivity contribution in [3.63, 3.8) is 0 Å². The molecule has 0 spiro atoms. The summed E-state index contributed by atoms with van der Waals surface area (Å²) in [5.74, 6) is -0.362. The number of allylic oxidation sites excluding steroid dienone is 10. The molecule has 0 heterocycles. The molecule has 43 heavy (non-hydrogen) atoms. The van der Waals surface area contributed by atoms with Crippen molar-refractivity contribution in [2.75, 3.05) is 33.0 Å². The number of unbranched alkanes of at least 4 members (excludes halogenated alkanes) is 7. The van der Waals surface area contributed by atoms with E-state index >= 15 is 0 Å². The van der Waals surface area contributed by atoms with Gasteiger partial charge in [-0.1, -0.05) is 107 Å². The van der Waals surface area contributed by atoms with Crippen molar-refractivity contribution in [3.8, 4) is 0 Å². The van der Waals surface area contributed by atoms with E-state index in [4.69, 9.17) is 24.3 Å². The summed E-state index contributed by atoms with van der Waals surface area (Å²) in [6.45, 7) is 4.57. The number of carbonyl (C=O) groups excluding carboxylic acids is 1. The second-order valence-corrected chi connectivity index (χ2v) is 11.7. The van der Waals surface area contributed by atoms with Crippen molar-refractivity contribution in [2.24, 2.45) is 5.73 Å². The first-order valence-corrected chi connectivity index (χ1v) is 17.8. The van der Waals surface area contributed by atoms with Crippen molar-refractivity contribution in [1.82, 2.24) is 0 Å². The Hall–Kier alpha value is -1.80. The van der Waals surface area contributed by atoms with Crippen molar-refractivity contribution in [2.45, 2.75) is 116 Å². The highest BCUT2D eigenvalue weighted by atomic mass is 31.2. The van der Waals surface area contributed by atoms with Crippen molar-refractivity contribution in [3.05, 3.63) is 60.8 Å². The lowest BCUT2D eigenvalue weighted by molar-refractivity contribution is -0.154. The zero-order valence-corrected chi connectivity index (χ0v) is 27.8. The number of hydrogen-bond acceptors (Lipinski definition) is 7. The fourth-order valence-electron chi connectivity index (χ4n) is 3.84. The average molecular weight is 626 g/mol. The summed E-state index contributed by atoms with van der Waals surface area (Å²) in [7, 11) is -4.26. The van der Waals surface area contributed by atoms with E-state index < -0.39 is 13.9 Å². The van der Waals surface area contributed by atoms with Crippen LogP contribution in [0.5, 0.6) is 0 Å². The monoisotopic (exact) mass is 625 g/mol. The Balaban J connectivity index is 4.02. The van der Waals surface area contributed by atoms with Gasteiger partial charge >= 0.3 is 13.8 Å². The van der Waals surface area contributed by atoms with Gasteiger partial charge in [0.25, 0.3) is 0 Å².